The highest BCUT2D eigenvalue weighted by Gasteiger charge is 2.50. The van der Waals surface area contributed by atoms with Crippen LogP contribution >= 0.6 is 0 Å². The molecule has 0 amide bonds. The lowest BCUT2D eigenvalue weighted by atomic mass is 9.97. The minimum absolute atomic E-state index is 0.0455. The van der Waals surface area contributed by atoms with Crippen molar-refractivity contribution in [1.82, 2.24) is 0 Å². The number of benzene rings is 9. The summed E-state index contributed by atoms with van der Waals surface area (Å²) in [5.41, 5.74) is 2.97. The van der Waals surface area contributed by atoms with Crippen molar-refractivity contribution < 1.29 is 72.0 Å². The lowest BCUT2D eigenvalue weighted by Crippen LogP contribution is -2.36. The maximum Gasteiger partial charge on any atom is 0.343 e. The molecule has 0 spiro atoms. The lowest BCUT2D eigenvalue weighted by molar-refractivity contribution is -0.0469. The molecule has 3 aliphatic rings. The molecule has 0 radical (unpaired) electrons. The molecule has 0 bridgehead atoms. The topological polar surface area (TPSA) is 192 Å². The molecule has 15 nitrogen and oxygen atoms in total. The van der Waals surface area contributed by atoms with Gasteiger partial charge < -0.3 is 52.8 Å². The SMILES string of the molecule is C=CCOc1cc(C(=O)Oc2cc(C(=O)O)cc3c2OC(c2ccccc2)(c2ccccc2)O3)cc2c1OC(c1ccccc1)(c1ccccc1)O2.CC(C)(C)OC(=O)c1cc2c(cc1C(=O)O)OC(c1ccccc1)(c1ccccc1)O2. The van der Waals surface area contributed by atoms with Gasteiger partial charge in [-0.3, -0.25) is 0 Å². The van der Waals surface area contributed by atoms with E-state index in [4.69, 9.17) is 42.6 Å². The number of carboxylic acid groups (broad SMARTS) is 2. The van der Waals surface area contributed by atoms with Crippen molar-refractivity contribution in [1.29, 1.82) is 0 Å². The molecule has 12 rings (SSSR count). The molecule has 0 unspecified atom stereocenters. The molecule has 0 aliphatic carbocycles. The second-order valence-corrected chi connectivity index (χ2v) is 20.2. The summed E-state index contributed by atoms with van der Waals surface area (Å²) in [6.45, 7) is 9.01. The molecule has 3 heterocycles. The van der Waals surface area contributed by atoms with Crippen LogP contribution in [-0.2, 0) is 22.1 Å². The Morgan fingerprint density at radius 2 is 0.783 bits per heavy atom. The van der Waals surface area contributed by atoms with E-state index in [1.165, 1.54) is 36.4 Å². The summed E-state index contributed by atoms with van der Waals surface area (Å²) in [6, 6.07) is 64.3. The van der Waals surface area contributed by atoms with Crippen LogP contribution in [0.1, 0.15) is 95.6 Å². The number of carbonyl (C=O) groups excluding carboxylic acids is 2. The summed E-state index contributed by atoms with van der Waals surface area (Å²) in [5.74, 6) is -7.05. The van der Waals surface area contributed by atoms with Gasteiger partial charge in [0, 0.05) is 33.4 Å². The molecule has 0 saturated heterocycles. The Labute approximate surface area is 477 Å². The predicted octanol–water partition coefficient (Wildman–Crippen LogP) is 13.5. The fraction of sp³-hybridized carbons (Fsp3) is 0.118. The Hall–Kier alpha value is -10.8. The van der Waals surface area contributed by atoms with Gasteiger partial charge >= 0.3 is 41.2 Å². The fourth-order valence-electron chi connectivity index (χ4n) is 9.76. The molecule has 15 heteroatoms. The van der Waals surface area contributed by atoms with Crippen LogP contribution in [0.2, 0.25) is 0 Å². The van der Waals surface area contributed by atoms with Crippen LogP contribution in [0.3, 0.4) is 0 Å². The highest BCUT2D eigenvalue weighted by Crippen LogP contribution is 2.55. The van der Waals surface area contributed by atoms with Crippen molar-refractivity contribution in [3.8, 4) is 46.0 Å². The Morgan fingerprint density at radius 1 is 0.434 bits per heavy atom. The maximum absolute atomic E-state index is 14.1. The second-order valence-electron chi connectivity index (χ2n) is 20.2. The summed E-state index contributed by atoms with van der Waals surface area (Å²) >= 11 is 0. The van der Waals surface area contributed by atoms with E-state index in [9.17, 15) is 29.4 Å². The van der Waals surface area contributed by atoms with Crippen molar-refractivity contribution >= 4 is 23.9 Å². The Bertz CT molecular complexity index is 3780. The first-order chi connectivity index (χ1) is 40.1. The molecule has 0 saturated carbocycles. The summed E-state index contributed by atoms with van der Waals surface area (Å²) in [5, 5.41) is 19.7. The number of carboxylic acids is 2. The van der Waals surface area contributed by atoms with E-state index in [1.807, 2.05) is 182 Å². The molecule has 3 aliphatic heterocycles. The summed E-state index contributed by atoms with van der Waals surface area (Å²) in [7, 11) is 0. The third kappa shape index (κ3) is 10.5. The molecular weight excluding hydrogens is 1060 g/mol. The number of hydrogen-bond donors (Lipinski definition) is 2. The van der Waals surface area contributed by atoms with Crippen molar-refractivity contribution in [2.45, 2.75) is 43.7 Å². The minimum Gasteiger partial charge on any atom is -0.485 e. The largest absolute Gasteiger partial charge is 0.485 e. The van der Waals surface area contributed by atoms with Gasteiger partial charge in [-0.2, -0.15) is 0 Å². The van der Waals surface area contributed by atoms with Crippen molar-refractivity contribution in [3.05, 3.63) is 287 Å². The lowest BCUT2D eigenvalue weighted by Gasteiger charge is -2.28. The van der Waals surface area contributed by atoms with Crippen LogP contribution < -0.4 is 37.9 Å². The van der Waals surface area contributed by atoms with Crippen LogP contribution in [0.15, 0.2) is 231 Å². The molecule has 83 heavy (non-hydrogen) atoms. The Balaban J connectivity index is 0.000000198. The number of hydrogen-bond acceptors (Lipinski definition) is 13. The van der Waals surface area contributed by atoms with Crippen LogP contribution in [0.4, 0.5) is 0 Å². The summed E-state index contributed by atoms with van der Waals surface area (Å²) in [6.07, 6.45) is 1.57. The number of fused-ring (bicyclic) bond motifs is 3. The standard InChI is InChI=1S/C43H30O9.C25H22O6/c1-2-23-47-34-26-29(27-37-38(34)51-42(50-37,30-15-7-3-8-16-30)31-17-9-4-10-18-31)41(46)48-35-24-28(40(44)45)25-36-39(35)52-43(49-36,32-19-11-5-12-20-32)33-21-13-6-14-22-33;1-24(2,3)31-23(28)19-15-21-20(14-18(19)22(26)27)29-25(30-21,16-10-6-4-7-11-16)17-12-8-5-9-13-17/h2-22,24-27H,1,23H2,(H,44,45);4-15H,1-3H3,(H,26,27). The van der Waals surface area contributed by atoms with E-state index < -0.39 is 46.8 Å². The van der Waals surface area contributed by atoms with Gasteiger partial charge in [0.05, 0.1) is 22.3 Å². The fourth-order valence-corrected chi connectivity index (χ4v) is 9.76. The zero-order valence-corrected chi connectivity index (χ0v) is 45.0. The number of aromatic carboxylic acids is 2. The zero-order chi connectivity index (χ0) is 57.9. The second kappa shape index (κ2) is 22.0. The molecule has 9 aromatic carbocycles. The van der Waals surface area contributed by atoms with Crippen LogP contribution in [-0.4, -0.2) is 46.3 Å². The molecule has 9 aromatic rings. The molecule has 414 valence electrons. The van der Waals surface area contributed by atoms with Gasteiger partial charge in [-0.05, 0) is 57.2 Å². The first-order valence-electron chi connectivity index (χ1n) is 26.3. The van der Waals surface area contributed by atoms with Gasteiger partial charge in [0.1, 0.15) is 12.2 Å². The zero-order valence-electron chi connectivity index (χ0n) is 45.0. The summed E-state index contributed by atoms with van der Waals surface area (Å²) in [4.78, 5) is 51.0. The van der Waals surface area contributed by atoms with Crippen molar-refractivity contribution in [2.75, 3.05) is 6.61 Å². The van der Waals surface area contributed by atoms with Crippen molar-refractivity contribution in [2.24, 2.45) is 0 Å². The van der Waals surface area contributed by atoms with Gasteiger partial charge in [-0.25, -0.2) is 19.2 Å². The molecular formula is C68H52O15. The van der Waals surface area contributed by atoms with E-state index in [-0.39, 0.29) is 74.9 Å². The van der Waals surface area contributed by atoms with E-state index in [1.54, 1.807) is 26.8 Å². The van der Waals surface area contributed by atoms with Crippen LogP contribution in [0.5, 0.6) is 46.0 Å². The van der Waals surface area contributed by atoms with E-state index >= 15 is 0 Å². The first-order valence-corrected chi connectivity index (χ1v) is 26.3. The minimum atomic E-state index is -1.49. The number of esters is 2. The third-order valence-corrected chi connectivity index (χ3v) is 13.4. The van der Waals surface area contributed by atoms with Crippen LogP contribution in [0, 0.1) is 0 Å². The van der Waals surface area contributed by atoms with Gasteiger partial charge in [0.15, 0.2) is 34.5 Å². The van der Waals surface area contributed by atoms with E-state index in [0.717, 1.165) is 22.3 Å². The average molecular weight is 1110 g/mol. The average Bonchev–Trinajstić information content (AvgIpc) is 2.89. The van der Waals surface area contributed by atoms with Crippen molar-refractivity contribution in [3.63, 3.8) is 0 Å². The molecule has 0 fully saturated rings. The third-order valence-electron chi connectivity index (χ3n) is 13.4. The van der Waals surface area contributed by atoms with Crippen LogP contribution in [0.25, 0.3) is 0 Å². The summed E-state index contributed by atoms with van der Waals surface area (Å²) < 4.78 is 56.2. The molecule has 0 aromatic heterocycles. The van der Waals surface area contributed by atoms with Gasteiger partial charge in [0.25, 0.3) is 0 Å². The van der Waals surface area contributed by atoms with E-state index in [0.29, 0.717) is 11.1 Å². The molecule has 2 N–H and O–H groups in total. The predicted molar refractivity (Wildman–Crippen MR) is 304 cm³/mol. The smallest absolute Gasteiger partial charge is 0.343 e. The van der Waals surface area contributed by atoms with Gasteiger partial charge in [-0.1, -0.05) is 195 Å². The number of rotatable bonds is 14. The normalized spacial score (nSPS) is 14.3. The molecule has 0 atom stereocenters. The highest BCUT2D eigenvalue weighted by molar-refractivity contribution is 6.03. The first kappa shape index (κ1) is 54.2. The number of ether oxygens (including phenoxy) is 9. The number of carbonyl (C=O) groups is 4. The Kier molecular flexibility index (Phi) is 14.4. The van der Waals surface area contributed by atoms with E-state index in [2.05, 4.69) is 6.58 Å². The Morgan fingerprint density at radius 3 is 1.16 bits per heavy atom. The monoisotopic (exact) mass is 1110 g/mol. The van der Waals surface area contributed by atoms with Gasteiger partial charge in [0.2, 0.25) is 11.5 Å². The quantitative estimate of drug-likeness (QED) is 0.0593. The maximum atomic E-state index is 14.1. The van der Waals surface area contributed by atoms with Gasteiger partial charge in [-0.15, -0.1) is 0 Å². The highest BCUT2D eigenvalue weighted by atomic mass is 16.8.